The molecule has 1 aliphatic heterocycles. The van der Waals surface area contributed by atoms with Crippen LogP contribution in [0.3, 0.4) is 0 Å². The van der Waals surface area contributed by atoms with Crippen molar-refractivity contribution in [1.82, 2.24) is 15.5 Å². The zero-order chi connectivity index (χ0) is 23.1. The first-order chi connectivity index (χ1) is 14.6. The number of hydrogen-bond acceptors (Lipinski definition) is 6. The van der Waals surface area contributed by atoms with Gasteiger partial charge in [-0.1, -0.05) is 30.3 Å². The maximum Gasteiger partial charge on any atom is 0.326 e. The lowest BCUT2D eigenvalue weighted by Gasteiger charge is -2.30. The van der Waals surface area contributed by atoms with Crippen LogP contribution < -0.4 is 16.4 Å². The molecule has 1 aromatic rings. The smallest absolute Gasteiger partial charge is 0.326 e. The number of nitrogens with one attached hydrogen (secondary N) is 2. The summed E-state index contributed by atoms with van der Waals surface area (Å²) in [6.07, 6.45) is -0.298. The molecule has 170 valence electrons. The number of nitrogens with zero attached hydrogens (tertiary/aromatic N) is 1. The van der Waals surface area contributed by atoms with Gasteiger partial charge in [-0.3, -0.25) is 14.4 Å². The van der Waals surface area contributed by atoms with Crippen LogP contribution in [0.4, 0.5) is 0 Å². The Balaban J connectivity index is 2.19. The van der Waals surface area contributed by atoms with E-state index >= 15 is 0 Å². The van der Waals surface area contributed by atoms with E-state index in [9.17, 15) is 29.4 Å². The summed E-state index contributed by atoms with van der Waals surface area (Å²) < 4.78 is 0. The van der Waals surface area contributed by atoms with Crippen molar-refractivity contribution in [3.8, 4) is 0 Å². The van der Waals surface area contributed by atoms with E-state index in [-0.39, 0.29) is 13.0 Å². The molecule has 2 rings (SSSR count). The molecule has 1 saturated heterocycles. The van der Waals surface area contributed by atoms with E-state index in [1.807, 2.05) is 6.07 Å². The van der Waals surface area contributed by atoms with Crippen molar-refractivity contribution in [2.75, 3.05) is 6.54 Å². The molecule has 0 aliphatic carbocycles. The highest BCUT2D eigenvalue weighted by Crippen LogP contribution is 2.19. The lowest BCUT2D eigenvalue weighted by atomic mass is 10.0. The Morgan fingerprint density at radius 3 is 2.32 bits per heavy atom. The fourth-order valence-electron chi connectivity index (χ4n) is 3.47. The lowest BCUT2D eigenvalue weighted by molar-refractivity contribution is -0.150. The van der Waals surface area contributed by atoms with Gasteiger partial charge in [0.2, 0.25) is 17.7 Å². The molecule has 0 aromatic heterocycles. The second kappa shape index (κ2) is 10.9. The molecule has 1 aliphatic rings. The highest BCUT2D eigenvalue weighted by Gasteiger charge is 2.40. The fraction of sp³-hybridized carbons (Fsp3) is 0.524. The van der Waals surface area contributed by atoms with Gasteiger partial charge in [0.15, 0.2) is 0 Å². The summed E-state index contributed by atoms with van der Waals surface area (Å²) in [5.41, 5.74) is 6.38. The minimum absolute atomic E-state index is 0.146. The van der Waals surface area contributed by atoms with Gasteiger partial charge in [-0.05, 0) is 32.3 Å². The molecule has 10 nitrogen and oxygen atoms in total. The molecule has 1 heterocycles. The number of nitrogens with two attached hydrogens (primary N) is 1. The van der Waals surface area contributed by atoms with E-state index in [0.29, 0.717) is 12.8 Å². The molecule has 5 atom stereocenters. The molecule has 0 saturated carbocycles. The first-order valence-corrected chi connectivity index (χ1v) is 10.2. The van der Waals surface area contributed by atoms with Crippen molar-refractivity contribution in [2.45, 2.75) is 63.4 Å². The van der Waals surface area contributed by atoms with Crippen molar-refractivity contribution >= 4 is 23.7 Å². The number of aliphatic hydroxyl groups excluding tert-OH is 1. The molecule has 6 N–H and O–H groups in total. The number of aliphatic carboxylic acids is 1. The molecular weight excluding hydrogens is 404 g/mol. The van der Waals surface area contributed by atoms with E-state index in [2.05, 4.69) is 10.6 Å². The Labute approximate surface area is 180 Å². The topological polar surface area (TPSA) is 162 Å². The minimum atomic E-state index is -1.35. The van der Waals surface area contributed by atoms with Gasteiger partial charge in [0.1, 0.15) is 18.1 Å². The molecule has 0 bridgehead atoms. The molecule has 1 aromatic carbocycles. The van der Waals surface area contributed by atoms with Crippen LogP contribution in [0.15, 0.2) is 30.3 Å². The number of carbonyl (C=O) groups excluding carboxylic acids is 3. The largest absolute Gasteiger partial charge is 0.480 e. The fourth-order valence-corrected chi connectivity index (χ4v) is 3.47. The summed E-state index contributed by atoms with van der Waals surface area (Å²) in [6, 6.07) is 4.75. The number of hydrogen-bond donors (Lipinski definition) is 5. The predicted octanol–water partition coefficient (Wildman–Crippen LogP) is -0.998. The predicted molar refractivity (Wildman–Crippen MR) is 112 cm³/mol. The monoisotopic (exact) mass is 434 g/mol. The SMILES string of the molecule is CC(N)C(=O)NC(Cc1ccccc1)C(=O)NC(C(=O)N1CCCC1C(=O)O)C(C)O. The van der Waals surface area contributed by atoms with Crippen LogP contribution in [-0.2, 0) is 25.6 Å². The van der Waals surface area contributed by atoms with Gasteiger partial charge in [0.05, 0.1) is 12.1 Å². The molecule has 5 unspecified atom stereocenters. The molecular formula is C21H30N4O6. The lowest BCUT2D eigenvalue weighted by Crippen LogP contribution is -2.60. The zero-order valence-corrected chi connectivity index (χ0v) is 17.7. The average molecular weight is 434 g/mol. The van der Waals surface area contributed by atoms with Gasteiger partial charge in [-0.25, -0.2) is 4.79 Å². The molecule has 0 spiro atoms. The van der Waals surface area contributed by atoms with Crippen molar-refractivity contribution in [1.29, 1.82) is 0 Å². The summed E-state index contributed by atoms with van der Waals surface area (Å²) in [7, 11) is 0. The number of carboxylic acids is 1. The first kappa shape index (κ1) is 24.3. The van der Waals surface area contributed by atoms with Crippen LogP contribution in [0.1, 0.15) is 32.3 Å². The number of benzene rings is 1. The van der Waals surface area contributed by atoms with Crippen LogP contribution in [0.5, 0.6) is 0 Å². The van der Waals surface area contributed by atoms with Crippen LogP contribution >= 0.6 is 0 Å². The quantitative estimate of drug-likeness (QED) is 0.333. The Bertz CT molecular complexity index is 798. The number of likely N-dealkylation sites (tertiary alicyclic amines) is 1. The number of carbonyl (C=O) groups is 4. The van der Waals surface area contributed by atoms with Crippen molar-refractivity contribution in [3.05, 3.63) is 35.9 Å². The van der Waals surface area contributed by atoms with Crippen molar-refractivity contribution in [2.24, 2.45) is 5.73 Å². The van der Waals surface area contributed by atoms with Crippen LogP contribution in [-0.4, -0.2) is 75.6 Å². The highest BCUT2D eigenvalue weighted by atomic mass is 16.4. The summed E-state index contributed by atoms with van der Waals surface area (Å²) in [5.74, 6) is -3.03. The molecule has 10 heteroatoms. The molecule has 1 fully saturated rings. The van der Waals surface area contributed by atoms with Crippen LogP contribution in [0.25, 0.3) is 0 Å². The average Bonchev–Trinajstić information content (AvgIpc) is 3.21. The molecule has 0 radical (unpaired) electrons. The van der Waals surface area contributed by atoms with Crippen molar-refractivity contribution < 1.29 is 29.4 Å². The first-order valence-electron chi connectivity index (χ1n) is 10.2. The maximum absolute atomic E-state index is 13.0. The van der Waals surface area contributed by atoms with Gasteiger partial charge >= 0.3 is 5.97 Å². The van der Waals surface area contributed by atoms with E-state index in [4.69, 9.17) is 5.73 Å². The summed E-state index contributed by atoms with van der Waals surface area (Å²) in [4.78, 5) is 50.6. The Hall–Kier alpha value is -2.98. The van der Waals surface area contributed by atoms with E-state index in [1.54, 1.807) is 24.3 Å². The standard InChI is InChI=1S/C21H30N4O6/c1-12(22)18(27)23-15(11-14-7-4-3-5-8-14)19(28)24-17(13(2)26)20(29)25-10-6-9-16(25)21(30)31/h3-5,7-8,12-13,15-17,26H,6,9-11,22H2,1-2H3,(H,23,27)(H,24,28)(H,30,31). The molecule has 3 amide bonds. The minimum Gasteiger partial charge on any atom is -0.480 e. The van der Waals surface area contributed by atoms with Gasteiger partial charge < -0.3 is 31.5 Å². The summed E-state index contributed by atoms with van der Waals surface area (Å²) >= 11 is 0. The Morgan fingerprint density at radius 2 is 1.77 bits per heavy atom. The number of rotatable bonds is 9. The second-order valence-corrected chi connectivity index (χ2v) is 7.79. The highest BCUT2D eigenvalue weighted by molar-refractivity contribution is 5.94. The van der Waals surface area contributed by atoms with E-state index in [1.165, 1.54) is 13.8 Å². The van der Waals surface area contributed by atoms with Gasteiger partial charge in [-0.2, -0.15) is 0 Å². The van der Waals surface area contributed by atoms with Crippen LogP contribution in [0, 0.1) is 0 Å². The van der Waals surface area contributed by atoms with Crippen molar-refractivity contribution in [3.63, 3.8) is 0 Å². The Morgan fingerprint density at radius 1 is 1.13 bits per heavy atom. The summed E-state index contributed by atoms with van der Waals surface area (Å²) in [6.45, 7) is 3.04. The van der Waals surface area contributed by atoms with E-state index < -0.39 is 54.0 Å². The van der Waals surface area contributed by atoms with Crippen LogP contribution in [0.2, 0.25) is 0 Å². The third kappa shape index (κ3) is 6.50. The zero-order valence-electron chi connectivity index (χ0n) is 17.7. The van der Waals surface area contributed by atoms with Gasteiger partial charge in [0, 0.05) is 13.0 Å². The third-order valence-corrected chi connectivity index (χ3v) is 5.20. The maximum atomic E-state index is 13.0. The summed E-state index contributed by atoms with van der Waals surface area (Å²) in [5, 5.41) is 24.5. The van der Waals surface area contributed by atoms with Gasteiger partial charge in [0.25, 0.3) is 0 Å². The van der Waals surface area contributed by atoms with E-state index in [0.717, 1.165) is 10.5 Å². The normalized spacial score (nSPS) is 19.7. The number of carboxylic acid groups (broad SMARTS) is 1. The number of amides is 3. The third-order valence-electron chi connectivity index (χ3n) is 5.20. The Kier molecular flexibility index (Phi) is 8.52. The van der Waals surface area contributed by atoms with Gasteiger partial charge in [-0.15, -0.1) is 0 Å². The molecule has 31 heavy (non-hydrogen) atoms. The second-order valence-electron chi connectivity index (χ2n) is 7.79. The number of aliphatic hydroxyl groups is 1.